The predicted molar refractivity (Wildman–Crippen MR) is 104 cm³/mol. The highest BCUT2D eigenvalue weighted by molar-refractivity contribution is 5.89. The zero-order chi connectivity index (χ0) is 18.1. The highest BCUT2D eigenvalue weighted by Gasteiger charge is 2.32. The summed E-state index contributed by atoms with van der Waals surface area (Å²) in [6, 6.07) is 15.8. The van der Waals surface area contributed by atoms with Gasteiger partial charge in [-0.05, 0) is 31.2 Å². The van der Waals surface area contributed by atoms with Gasteiger partial charge >= 0.3 is 5.97 Å². The third-order valence-corrected chi connectivity index (χ3v) is 5.20. The molecule has 0 bridgehead atoms. The number of aromatic amines is 1. The molecular weight excluding hydrogens is 326 g/mol. The number of rotatable bonds is 4. The van der Waals surface area contributed by atoms with E-state index in [0.717, 1.165) is 48.2 Å². The minimum absolute atomic E-state index is 0.622. The largest absolute Gasteiger partial charge is 0.480 e. The van der Waals surface area contributed by atoms with Crippen molar-refractivity contribution in [3.63, 3.8) is 0 Å². The molecule has 3 aromatic rings. The number of nitrogens with zero attached hydrogens (tertiary/aromatic N) is 2. The second kappa shape index (κ2) is 6.84. The first-order valence-electron chi connectivity index (χ1n) is 8.98. The minimum atomic E-state index is -0.791. The highest BCUT2D eigenvalue weighted by atomic mass is 16.4. The number of anilines is 1. The third kappa shape index (κ3) is 3.06. The Bertz CT molecular complexity index is 911. The molecule has 0 radical (unpaired) electrons. The minimum Gasteiger partial charge on any atom is -0.480 e. The number of aryl methyl sites for hydroxylation is 1. The molecule has 0 amide bonds. The first-order valence-corrected chi connectivity index (χ1v) is 8.98. The lowest BCUT2D eigenvalue weighted by Crippen LogP contribution is -2.49. The molecule has 0 spiro atoms. The molecule has 1 aliphatic rings. The van der Waals surface area contributed by atoms with E-state index in [2.05, 4.69) is 33.0 Å². The molecule has 1 aromatic heterocycles. The van der Waals surface area contributed by atoms with Crippen LogP contribution in [0.4, 0.5) is 5.69 Å². The molecule has 1 atom stereocenters. The Hall–Kier alpha value is -2.79. The summed E-state index contributed by atoms with van der Waals surface area (Å²) < 4.78 is 0. The van der Waals surface area contributed by atoms with Crippen LogP contribution in [0.5, 0.6) is 0 Å². The van der Waals surface area contributed by atoms with Crippen LogP contribution in [-0.2, 0) is 4.79 Å². The molecule has 0 saturated carbocycles. The molecule has 0 unspecified atom stereocenters. The van der Waals surface area contributed by atoms with E-state index in [0.29, 0.717) is 0 Å². The van der Waals surface area contributed by atoms with Gasteiger partial charge in [0.15, 0.2) is 0 Å². The lowest BCUT2D eigenvalue weighted by Gasteiger charge is -2.38. The standard InChI is InChI=1S/C21H23N3O2/c1-15-7-8-19-17(13-15)18(14-22-19)20(21(25)26)24-11-9-23(10-12-24)16-5-3-2-4-6-16/h2-8,13-14,20,22H,9-12H2,1H3,(H,25,26)/t20-/m0/s1. The van der Waals surface area contributed by atoms with Crippen molar-refractivity contribution in [2.45, 2.75) is 13.0 Å². The molecule has 2 aromatic carbocycles. The van der Waals surface area contributed by atoms with Gasteiger partial charge in [0.05, 0.1) is 0 Å². The van der Waals surface area contributed by atoms with Crippen molar-refractivity contribution in [2.24, 2.45) is 0 Å². The number of hydrogen-bond donors (Lipinski definition) is 2. The Balaban J connectivity index is 1.58. The van der Waals surface area contributed by atoms with E-state index in [1.54, 1.807) is 0 Å². The summed E-state index contributed by atoms with van der Waals surface area (Å²) in [6.07, 6.45) is 1.85. The average Bonchev–Trinajstić information content (AvgIpc) is 3.06. The Morgan fingerprint density at radius 2 is 1.81 bits per heavy atom. The van der Waals surface area contributed by atoms with Crippen LogP contribution in [0.3, 0.4) is 0 Å². The normalized spacial score (nSPS) is 16.7. The van der Waals surface area contributed by atoms with Crippen LogP contribution in [0.1, 0.15) is 17.2 Å². The molecule has 5 heteroatoms. The van der Waals surface area contributed by atoms with Crippen LogP contribution in [0.25, 0.3) is 10.9 Å². The van der Waals surface area contributed by atoms with Crippen molar-refractivity contribution in [2.75, 3.05) is 31.1 Å². The molecule has 4 rings (SSSR count). The van der Waals surface area contributed by atoms with Gasteiger partial charge in [-0.15, -0.1) is 0 Å². The second-order valence-corrected chi connectivity index (χ2v) is 6.89. The fourth-order valence-electron chi connectivity index (χ4n) is 3.85. The Kier molecular flexibility index (Phi) is 4.39. The van der Waals surface area contributed by atoms with E-state index in [1.165, 1.54) is 5.69 Å². The summed E-state index contributed by atoms with van der Waals surface area (Å²) in [4.78, 5) is 19.7. The molecule has 134 valence electrons. The van der Waals surface area contributed by atoms with Gasteiger partial charge in [-0.3, -0.25) is 9.69 Å². The summed E-state index contributed by atoms with van der Waals surface area (Å²) in [7, 11) is 0. The maximum atomic E-state index is 12.1. The van der Waals surface area contributed by atoms with E-state index < -0.39 is 12.0 Å². The van der Waals surface area contributed by atoms with Gasteiger partial charge in [-0.1, -0.05) is 29.8 Å². The van der Waals surface area contributed by atoms with E-state index >= 15 is 0 Å². The summed E-state index contributed by atoms with van der Waals surface area (Å²) in [5.74, 6) is -0.791. The van der Waals surface area contributed by atoms with Crippen molar-refractivity contribution in [3.8, 4) is 0 Å². The Morgan fingerprint density at radius 1 is 1.08 bits per heavy atom. The van der Waals surface area contributed by atoms with Gasteiger partial charge in [0.25, 0.3) is 0 Å². The molecule has 5 nitrogen and oxygen atoms in total. The van der Waals surface area contributed by atoms with Crippen LogP contribution < -0.4 is 4.90 Å². The first-order chi connectivity index (χ1) is 12.6. The molecule has 1 saturated heterocycles. The number of carboxylic acids is 1. The van der Waals surface area contributed by atoms with Gasteiger partial charge in [0.1, 0.15) is 6.04 Å². The topological polar surface area (TPSA) is 59.6 Å². The first kappa shape index (κ1) is 16.7. The van der Waals surface area contributed by atoms with Crippen molar-refractivity contribution in [1.29, 1.82) is 0 Å². The maximum absolute atomic E-state index is 12.1. The molecule has 0 aliphatic carbocycles. The van der Waals surface area contributed by atoms with E-state index in [9.17, 15) is 9.90 Å². The highest BCUT2D eigenvalue weighted by Crippen LogP contribution is 2.30. The van der Waals surface area contributed by atoms with Crippen molar-refractivity contribution < 1.29 is 9.90 Å². The van der Waals surface area contributed by atoms with E-state index in [1.807, 2.05) is 43.5 Å². The smallest absolute Gasteiger partial charge is 0.325 e. The maximum Gasteiger partial charge on any atom is 0.325 e. The van der Waals surface area contributed by atoms with Crippen molar-refractivity contribution in [3.05, 3.63) is 65.9 Å². The third-order valence-electron chi connectivity index (χ3n) is 5.20. The molecule has 26 heavy (non-hydrogen) atoms. The van der Waals surface area contributed by atoms with Crippen LogP contribution in [-0.4, -0.2) is 47.1 Å². The number of piperazine rings is 1. The van der Waals surface area contributed by atoms with Gasteiger partial charge in [0, 0.05) is 54.5 Å². The summed E-state index contributed by atoms with van der Waals surface area (Å²) in [5, 5.41) is 10.9. The summed E-state index contributed by atoms with van der Waals surface area (Å²) in [5.41, 5.74) is 4.17. The molecule has 2 N–H and O–H groups in total. The average molecular weight is 349 g/mol. The number of nitrogens with one attached hydrogen (secondary N) is 1. The van der Waals surface area contributed by atoms with Gasteiger partial charge < -0.3 is 15.0 Å². The number of para-hydroxylation sites is 1. The lowest BCUT2D eigenvalue weighted by molar-refractivity contribution is -0.143. The van der Waals surface area contributed by atoms with Crippen LogP contribution in [0.15, 0.2) is 54.7 Å². The molecule has 2 heterocycles. The lowest BCUT2D eigenvalue weighted by atomic mass is 10.0. The summed E-state index contributed by atoms with van der Waals surface area (Å²) >= 11 is 0. The fourth-order valence-corrected chi connectivity index (χ4v) is 3.85. The molecule has 1 fully saturated rings. The summed E-state index contributed by atoms with van der Waals surface area (Å²) in [6.45, 7) is 5.14. The number of aliphatic carboxylic acids is 1. The number of fused-ring (bicyclic) bond motifs is 1. The predicted octanol–water partition coefficient (Wildman–Crippen LogP) is 3.42. The number of aromatic nitrogens is 1. The number of H-pyrrole nitrogens is 1. The zero-order valence-corrected chi connectivity index (χ0v) is 14.9. The monoisotopic (exact) mass is 349 g/mol. The Morgan fingerprint density at radius 3 is 2.50 bits per heavy atom. The fraction of sp³-hybridized carbons (Fsp3) is 0.286. The van der Waals surface area contributed by atoms with Gasteiger partial charge in [-0.2, -0.15) is 0 Å². The number of benzene rings is 2. The number of carboxylic acid groups (broad SMARTS) is 1. The second-order valence-electron chi connectivity index (χ2n) is 6.89. The van der Waals surface area contributed by atoms with Gasteiger partial charge in [0.2, 0.25) is 0 Å². The SMILES string of the molecule is Cc1ccc2[nH]cc([C@@H](C(=O)O)N3CCN(c4ccccc4)CC3)c2c1. The molecule has 1 aliphatic heterocycles. The van der Waals surface area contributed by atoms with Crippen molar-refractivity contribution >= 4 is 22.6 Å². The molecular formula is C21H23N3O2. The zero-order valence-electron chi connectivity index (χ0n) is 14.9. The quantitative estimate of drug-likeness (QED) is 0.758. The van der Waals surface area contributed by atoms with Crippen molar-refractivity contribution in [1.82, 2.24) is 9.88 Å². The van der Waals surface area contributed by atoms with E-state index in [4.69, 9.17) is 0 Å². The van der Waals surface area contributed by atoms with Crippen LogP contribution in [0, 0.1) is 6.92 Å². The Labute approximate surface area is 152 Å². The number of hydrogen-bond acceptors (Lipinski definition) is 3. The van der Waals surface area contributed by atoms with Crippen LogP contribution >= 0.6 is 0 Å². The van der Waals surface area contributed by atoms with Crippen LogP contribution in [0.2, 0.25) is 0 Å². The van der Waals surface area contributed by atoms with Gasteiger partial charge in [-0.25, -0.2) is 0 Å². The van der Waals surface area contributed by atoms with E-state index in [-0.39, 0.29) is 0 Å². The number of carbonyl (C=O) groups is 1.